The molecule has 0 spiro atoms. The van der Waals surface area contributed by atoms with E-state index in [1.54, 1.807) is 35.4 Å². The Morgan fingerprint density at radius 1 is 1.02 bits per heavy atom. The molecule has 9 nitrogen and oxygen atoms in total. The van der Waals surface area contributed by atoms with Gasteiger partial charge in [-0.05, 0) is 61.6 Å². The number of fused-ring (bicyclic) bond motifs is 1. The second-order valence-corrected chi connectivity index (χ2v) is 12.8. The van der Waals surface area contributed by atoms with E-state index in [2.05, 4.69) is 15.2 Å². The zero-order chi connectivity index (χ0) is 29.1. The topological polar surface area (TPSA) is 118 Å². The normalized spacial score (nSPS) is 22.7. The number of carbonyl (C=O) groups excluding carboxylic acids is 2. The Hall–Kier alpha value is -3.60. The molecule has 1 fully saturated rings. The molecule has 41 heavy (non-hydrogen) atoms. The molecule has 2 aliphatic rings. The maximum absolute atomic E-state index is 14.3. The summed E-state index contributed by atoms with van der Waals surface area (Å²) in [7, 11) is -3.53. The third-order valence-corrected chi connectivity index (χ3v) is 8.70. The lowest BCUT2D eigenvalue weighted by Crippen LogP contribution is -2.59. The van der Waals surface area contributed by atoms with Crippen LogP contribution in [0.1, 0.15) is 75.9 Å². The van der Waals surface area contributed by atoms with E-state index in [9.17, 15) is 18.0 Å². The number of benzene rings is 2. The average Bonchev–Trinajstić information content (AvgIpc) is 2.93. The Bertz CT molecular complexity index is 1530. The summed E-state index contributed by atoms with van der Waals surface area (Å²) in [6, 6.07) is 17.0. The molecular weight excluding hydrogens is 540 g/mol. The summed E-state index contributed by atoms with van der Waals surface area (Å²) in [5, 5.41) is 0. The third kappa shape index (κ3) is 6.34. The van der Waals surface area contributed by atoms with Crippen molar-refractivity contribution >= 4 is 21.8 Å². The van der Waals surface area contributed by atoms with Crippen LogP contribution in [0.2, 0.25) is 0 Å². The number of amides is 2. The monoisotopic (exact) mass is 576 g/mol. The quantitative estimate of drug-likeness (QED) is 0.390. The van der Waals surface area contributed by atoms with Crippen molar-refractivity contribution in [1.82, 2.24) is 20.1 Å². The van der Waals surface area contributed by atoms with Crippen LogP contribution in [0.5, 0.6) is 0 Å². The number of rotatable bonds is 8. The summed E-state index contributed by atoms with van der Waals surface area (Å²) in [6.07, 6.45) is 5.72. The number of hydrogen-bond acceptors (Lipinski definition) is 6. The molecule has 1 unspecified atom stereocenters. The Morgan fingerprint density at radius 2 is 1.78 bits per heavy atom. The van der Waals surface area contributed by atoms with E-state index in [0.29, 0.717) is 29.7 Å². The maximum atomic E-state index is 14.3. The largest absolute Gasteiger partial charge is 0.326 e. The number of hydrogen-bond donors (Lipinski definition) is 2. The van der Waals surface area contributed by atoms with Crippen molar-refractivity contribution in [2.24, 2.45) is 0 Å². The molecule has 2 heterocycles. The first-order valence-corrected chi connectivity index (χ1v) is 15.8. The highest BCUT2D eigenvalue weighted by Gasteiger charge is 2.49. The smallest absolute Gasteiger partial charge is 0.255 e. The highest BCUT2D eigenvalue weighted by atomic mass is 32.2. The fraction of sp³-hybridized carbons (Fsp3) is 0.387. The molecule has 0 bridgehead atoms. The highest BCUT2D eigenvalue weighted by molar-refractivity contribution is 7.88. The SMILES string of the molecule is Cc1ccc([C@H]2[C@H](C(=O)NOCc3ccccn3)c3ccccc3C(=O)N2C2CCCC[C@@H]2NS(C)(=O)=O)c(C)c1. The minimum Gasteiger partial charge on any atom is -0.326 e. The molecule has 0 saturated heterocycles. The molecule has 2 amide bonds. The van der Waals surface area contributed by atoms with E-state index < -0.39 is 34.1 Å². The van der Waals surface area contributed by atoms with Crippen molar-refractivity contribution in [2.75, 3.05) is 6.26 Å². The number of aromatic nitrogens is 1. The molecule has 5 rings (SSSR count). The number of hydroxylamine groups is 1. The van der Waals surface area contributed by atoms with E-state index in [4.69, 9.17) is 4.84 Å². The molecule has 4 atom stereocenters. The van der Waals surface area contributed by atoms with Gasteiger partial charge in [-0.3, -0.25) is 19.4 Å². The Kier molecular flexibility index (Phi) is 8.53. The Morgan fingerprint density at radius 3 is 2.51 bits per heavy atom. The molecule has 2 N–H and O–H groups in total. The van der Waals surface area contributed by atoms with Gasteiger partial charge in [-0.1, -0.05) is 60.9 Å². The Balaban J connectivity index is 1.60. The maximum Gasteiger partial charge on any atom is 0.255 e. The first-order valence-electron chi connectivity index (χ1n) is 13.9. The minimum absolute atomic E-state index is 0.0841. The second kappa shape index (κ2) is 12.1. The van der Waals surface area contributed by atoms with Crippen LogP contribution < -0.4 is 10.2 Å². The van der Waals surface area contributed by atoms with Crippen LogP contribution in [0.4, 0.5) is 0 Å². The zero-order valence-electron chi connectivity index (χ0n) is 23.5. The summed E-state index contributed by atoms with van der Waals surface area (Å²) in [4.78, 5) is 40.0. The van der Waals surface area contributed by atoms with Crippen LogP contribution >= 0.6 is 0 Å². The molecule has 1 aliphatic carbocycles. The van der Waals surface area contributed by atoms with Crippen molar-refractivity contribution < 1.29 is 22.8 Å². The first kappa shape index (κ1) is 28.9. The lowest BCUT2D eigenvalue weighted by molar-refractivity contribution is -0.138. The summed E-state index contributed by atoms with van der Waals surface area (Å²) >= 11 is 0. The zero-order valence-corrected chi connectivity index (χ0v) is 24.4. The van der Waals surface area contributed by atoms with Gasteiger partial charge in [0.2, 0.25) is 10.0 Å². The van der Waals surface area contributed by atoms with Gasteiger partial charge in [0.25, 0.3) is 11.8 Å². The van der Waals surface area contributed by atoms with Gasteiger partial charge in [0.1, 0.15) is 6.61 Å². The van der Waals surface area contributed by atoms with Crippen molar-refractivity contribution in [3.05, 3.63) is 100 Å². The van der Waals surface area contributed by atoms with Crippen molar-refractivity contribution in [1.29, 1.82) is 0 Å². The predicted octanol–water partition coefficient (Wildman–Crippen LogP) is 4.09. The van der Waals surface area contributed by atoms with Crippen molar-refractivity contribution in [3.8, 4) is 0 Å². The molecule has 216 valence electrons. The van der Waals surface area contributed by atoms with Gasteiger partial charge in [-0.2, -0.15) is 0 Å². The molecule has 2 aromatic carbocycles. The van der Waals surface area contributed by atoms with E-state index in [1.165, 1.54) is 0 Å². The second-order valence-electron chi connectivity index (χ2n) is 11.0. The molecule has 1 aliphatic heterocycles. The number of sulfonamides is 1. The van der Waals surface area contributed by atoms with Crippen LogP contribution in [0.15, 0.2) is 66.9 Å². The molecule has 1 saturated carbocycles. The van der Waals surface area contributed by atoms with E-state index in [1.807, 2.05) is 50.2 Å². The van der Waals surface area contributed by atoms with Gasteiger partial charge >= 0.3 is 0 Å². The van der Waals surface area contributed by atoms with Gasteiger partial charge in [0, 0.05) is 23.8 Å². The fourth-order valence-electron chi connectivity index (χ4n) is 6.27. The number of nitrogens with zero attached hydrogens (tertiary/aromatic N) is 2. The summed E-state index contributed by atoms with van der Waals surface area (Å²) < 4.78 is 27.5. The van der Waals surface area contributed by atoms with Gasteiger partial charge in [-0.15, -0.1) is 0 Å². The van der Waals surface area contributed by atoms with Crippen LogP contribution in [0, 0.1) is 13.8 Å². The van der Waals surface area contributed by atoms with E-state index >= 15 is 0 Å². The standard InChI is InChI=1S/C31H36N4O5S/c1-20-15-16-23(21(2)18-20)29-28(30(36)33-40-19-22-10-8-9-17-32-22)24-11-4-5-12-25(24)31(37)35(29)27-14-7-6-13-26(27)34-41(3,38)39/h4-5,8-12,15-18,26-29,34H,6-7,13-14,19H2,1-3H3,(H,33,36)/t26-,27?,28+,29-/m0/s1. The van der Waals surface area contributed by atoms with Crippen molar-refractivity contribution in [3.63, 3.8) is 0 Å². The number of nitrogens with one attached hydrogen (secondary N) is 2. The molecule has 3 aromatic rings. The number of aryl methyl sites for hydroxylation is 2. The van der Waals surface area contributed by atoms with Gasteiger partial charge in [0.05, 0.1) is 23.9 Å². The van der Waals surface area contributed by atoms with Crippen LogP contribution in [-0.2, 0) is 26.3 Å². The minimum atomic E-state index is -3.53. The third-order valence-electron chi connectivity index (χ3n) is 7.97. The summed E-state index contributed by atoms with van der Waals surface area (Å²) in [5.41, 5.74) is 7.19. The Labute approximate surface area is 241 Å². The fourth-order valence-corrected chi connectivity index (χ4v) is 7.10. The lowest BCUT2D eigenvalue weighted by Gasteiger charge is -2.49. The average molecular weight is 577 g/mol. The van der Waals surface area contributed by atoms with Gasteiger partial charge in [-0.25, -0.2) is 18.6 Å². The van der Waals surface area contributed by atoms with Gasteiger partial charge < -0.3 is 4.90 Å². The predicted molar refractivity (Wildman–Crippen MR) is 155 cm³/mol. The number of pyridine rings is 1. The molecular formula is C31H36N4O5S. The van der Waals surface area contributed by atoms with Crippen LogP contribution in [-0.4, -0.2) is 48.5 Å². The highest BCUT2D eigenvalue weighted by Crippen LogP contribution is 2.46. The van der Waals surface area contributed by atoms with Crippen LogP contribution in [0.25, 0.3) is 0 Å². The van der Waals surface area contributed by atoms with E-state index in [-0.39, 0.29) is 18.4 Å². The first-order chi connectivity index (χ1) is 19.6. The van der Waals surface area contributed by atoms with Crippen molar-refractivity contribution in [2.45, 2.75) is 70.2 Å². The lowest BCUT2D eigenvalue weighted by atomic mass is 9.75. The molecule has 1 aromatic heterocycles. The number of carbonyl (C=O) groups is 2. The summed E-state index contributed by atoms with van der Waals surface area (Å²) in [5.74, 6) is -1.40. The van der Waals surface area contributed by atoms with Gasteiger partial charge in [0.15, 0.2) is 0 Å². The van der Waals surface area contributed by atoms with E-state index in [0.717, 1.165) is 35.8 Å². The summed E-state index contributed by atoms with van der Waals surface area (Å²) in [6.45, 7) is 4.06. The van der Waals surface area contributed by atoms with Crippen LogP contribution in [0.3, 0.4) is 0 Å². The molecule has 10 heteroatoms. The molecule has 0 radical (unpaired) electrons.